The van der Waals surface area contributed by atoms with Crippen LogP contribution in [0.15, 0.2) is 36.5 Å². The molecule has 0 bridgehead atoms. The number of methoxy groups -OCH3 is 1. The van der Waals surface area contributed by atoms with Gasteiger partial charge in [-0.3, -0.25) is 4.79 Å². The number of fused-ring (bicyclic) bond motifs is 1. The SMILES string of the molecule is COCC(=O)Nc1ccc(Nc2nc(C)nc3[nH]ccc23)cc1. The summed E-state index contributed by atoms with van der Waals surface area (Å²) in [6, 6.07) is 9.31. The largest absolute Gasteiger partial charge is 0.375 e. The molecule has 0 saturated carbocycles. The smallest absolute Gasteiger partial charge is 0.250 e. The second-order valence-electron chi connectivity index (χ2n) is 5.04. The molecule has 0 saturated heterocycles. The third kappa shape index (κ3) is 3.46. The van der Waals surface area contributed by atoms with Crippen LogP contribution in [0.2, 0.25) is 0 Å². The highest BCUT2D eigenvalue weighted by atomic mass is 16.5. The molecular formula is C16H17N5O2. The topological polar surface area (TPSA) is 91.9 Å². The number of hydrogen-bond donors (Lipinski definition) is 3. The molecule has 2 heterocycles. The molecule has 7 heteroatoms. The predicted octanol–water partition coefficient (Wildman–Crippen LogP) is 2.59. The Morgan fingerprint density at radius 1 is 1.17 bits per heavy atom. The minimum Gasteiger partial charge on any atom is -0.375 e. The Balaban J connectivity index is 1.77. The van der Waals surface area contributed by atoms with Gasteiger partial charge in [0.05, 0.1) is 5.39 Å². The van der Waals surface area contributed by atoms with Crippen molar-refractivity contribution in [1.29, 1.82) is 0 Å². The van der Waals surface area contributed by atoms with E-state index in [0.29, 0.717) is 11.5 Å². The van der Waals surface area contributed by atoms with E-state index >= 15 is 0 Å². The van der Waals surface area contributed by atoms with Crippen LogP contribution in [0.5, 0.6) is 0 Å². The highest BCUT2D eigenvalue weighted by Gasteiger charge is 2.07. The molecule has 0 radical (unpaired) electrons. The maximum absolute atomic E-state index is 11.5. The number of hydrogen-bond acceptors (Lipinski definition) is 5. The maximum Gasteiger partial charge on any atom is 0.250 e. The number of H-pyrrole nitrogens is 1. The third-order valence-corrected chi connectivity index (χ3v) is 3.23. The minimum atomic E-state index is -0.186. The number of anilines is 3. The molecule has 0 fully saturated rings. The van der Waals surface area contributed by atoms with Crippen molar-refractivity contribution < 1.29 is 9.53 Å². The number of carbonyl (C=O) groups excluding carboxylic acids is 1. The van der Waals surface area contributed by atoms with E-state index in [2.05, 4.69) is 25.6 Å². The summed E-state index contributed by atoms with van der Waals surface area (Å²) < 4.78 is 4.78. The van der Waals surface area contributed by atoms with Crippen molar-refractivity contribution in [2.45, 2.75) is 6.92 Å². The number of ether oxygens (including phenoxy) is 1. The van der Waals surface area contributed by atoms with Crippen molar-refractivity contribution in [2.24, 2.45) is 0 Å². The number of benzene rings is 1. The second-order valence-corrected chi connectivity index (χ2v) is 5.04. The highest BCUT2D eigenvalue weighted by molar-refractivity contribution is 5.92. The first-order valence-electron chi connectivity index (χ1n) is 7.13. The lowest BCUT2D eigenvalue weighted by Crippen LogP contribution is -2.16. The average molecular weight is 311 g/mol. The van der Waals surface area contributed by atoms with Crippen LogP contribution in [0, 0.1) is 6.92 Å². The van der Waals surface area contributed by atoms with Gasteiger partial charge in [-0.15, -0.1) is 0 Å². The fraction of sp³-hybridized carbons (Fsp3) is 0.188. The van der Waals surface area contributed by atoms with Crippen LogP contribution < -0.4 is 10.6 Å². The number of aryl methyl sites for hydroxylation is 1. The van der Waals surface area contributed by atoms with Crippen LogP contribution in [0.4, 0.5) is 17.2 Å². The monoisotopic (exact) mass is 311 g/mol. The van der Waals surface area contributed by atoms with Gasteiger partial charge in [-0.1, -0.05) is 0 Å². The normalized spacial score (nSPS) is 10.7. The fourth-order valence-electron chi connectivity index (χ4n) is 2.25. The Labute approximate surface area is 133 Å². The highest BCUT2D eigenvalue weighted by Crippen LogP contribution is 2.24. The number of nitrogens with one attached hydrogen (secondary N) is 3. The van der Waals surface area contributed by atoms with Gasteiger partial charge in [0.15, 0.2) is 0 Å². The summed E-state index contributed by atoms with van der Waals surface area (Å²) in [7, 11) is 1.48. The third-order valence-electron chi connectivity index (χ3n) is 3.23. The molecule has 1 amide bonds. The molecule has 3 rings (SSSR count). The van der Waals surface area contributed by atoms with E-state index in [1.807, 2.05) is 43.5 Å². The first kappa shape index (κ1) is 15.0. The first-order chi connectivity index (χ1) is 11.2. The zero-order valence-electron chi connectivity index (χ0n) is 12.9. The van der Waals surface area contributed by atoms with Gasteiger partial charge in [-0.2, -0.15) is 0 Å². The second kappa shape index (κ2) is 6.45. The number of nitrogens with zero attached hydrogens (tertiary/aromatic N) is 2. The van der Waals surface area contributed by atoms with E-state index in [0.717, 1.165) is 22.5 Å². The molecule has 23 heavy (non-hydrogen) atoms. The molecule has 0 spiro atoms. The fourth-order valence-corrected chi connectivity index (χ4v) is 2.25. The van der Waals surface area contributed by atoms with Crippen LogP contribution in [-0.4, -0.2) is 34.6 Å². The number of carbonyl (C=O) groups is 1. The number of amides is 1. The average Bonchev–Trinajstić information content (AvgIpc) is 2.98. The summed E-state index contributed by atoms with van der Waals surface area (Å²) in [5, 5.41) is 6.94. The van der Waals surface area contributed by atoms with E-state index in [1.165, 1.54) is 7.11 Å². The van der Waals surface area contributed by atoms with E-state index in [1.54, 1.807) is 0 Å². The van der Waals surface area contributed by atoms with Crippen molar-refractivity contribution >= 4 is 34.1 Å². The lowest BCUT2D eigenvalue weighted by atomic mass is 10.2. The molecular weight excluding hydrogens is 294 g/mol. The Morgan fingerprint density at radius 3 is 2.65 bits per heavy atom. The van der Waals surface area contributed by atoms with E-state index < -0.39 is 0 Å². The number of rotatable bonds is 5. The lowest BCUT2D eigenvalue weighted by molar-refractivity contribution is -0.119. The molecule has 0 aliphatic rings. The molecule has 3 N–H and O–H groups in total. The van der Waals surface area contributed by atoms with Crippen LogP contribution in [0.25, 0.3) is 11.0 Å². The Bertz CT molecular complexity index is 826. The first-order valence-corrected chi connectivity index (χ1v) is 7.13. The summed E-state index contributed by atoms with van der Waals surface area (Å²) >= 11 is 0. The van der Waals surface area contributed by atoms with Crippen molar-refractivity contribution in [3.63, 3.8) is 0 Å². The molecule has 3 aromatic rings. The Hall–Kier alpha value is -2.93. The van der Waals surface area contributed by atoms with Gasteiger partial charge in [-0.25, -0.2) is 9.97 Å². The van der Waals surface area contributed by atoms with Crippen LogP contribution in [0.1, 0.15) is 5.82 Å². The summed E-state index contributed by atoms with van der Waals surface area (Å²) in [5.74, 6) is 1.24. The van der Waals surface area contributed by atoms with E-state index in [4.69, 9.17) is 4.74 Å². The predicted molar refractivity (Wildman–Crippen MR) is 88.9 cm³/mol. The molecule has 0 aliphatic heterocycles. The van der Waals surface area contributed by atoms with Gasteiger partial charge >= 0.3 is 0 Å². The summed E-state index contributed by atoms with van der Waals surface area (Å²) in [5.41, 5.74) is 2.38. The summed E-state index contributed by atoms with van der Waals surface area (Å²) in [6.45, 7) is 1.88. The quantitative estimate of drug-likeness (QED) is 0.673. The van der Waals surface area contributed by atoms with E-state index in [9.17, 15) is 4.79 Å². The molecule has 7 nitrogen and oxygen atoms in total. The molecule has 0 atom stereocenters. The van der Waals surface area contributed by atoms with Crippen molar-refractivity contribution in [3.05, 3.63) is 42.4 Å². The molecule has 118 valence electrons. The zero-order chi connectivity index (χ0) is 16.2. The van der Waals surface area contributed by atoms with Crippen molar-refractivity contribution in [2.75, 3.05) is 24.4 Å². The number of aromatic amines is 1. The van der Waals surface area contributed by atoms with Gasteiger partial charge < -0.3 is 20.4 Å². The van der Waals surface area contributed by atoms with Gasteiger partial charge in [0.2, 0.25) is 5.91 Å². The van der Waals surface area contributed by atoms with Crippen LogP contribution in [-0.2, 0) is 9.53 Å². The van der Waals surface area contributed by atoms with Gasteiger partial charge in [0.1, 0.15) is 23.9 Å². The Morgan fingerprint density at radius 2 is 1.91 bits per heavy atom. The summed E-state index contributed by atoms with van der Waals surface area (Å²) in [6.07, 6.45) is 1.83. The Kier molecular flexibility index (Phi) is 4.20. The maximum atomic E-state index is 11.5. The van der Waals surface area contributed by atoms with Gasteiger partial charge in [0.25, 0.3) is 0 Å². The van der Waals surface area contributed by atoms with Crippen molar-refractivity contribution in [1.82, 2.24) is 15.0 Å². The molecule has 0 unspecified atom stereocenters. The van der Waals surface area contributed by atoms with Crippen LogP contribution in [0.3, 0.4) is 0 Å². The van der Waals surface area contributed by atoms with E-state index in [-0.39, 0.29) is 12.5 Å². The molecule has 2 aromatic heterocycles. The minimum absolute atomic E-state index is 0.0334. The van der Waals surface area contributed by atoms with Crippen LogP contribution >= 0.6 is 0 Å². The number of aromatic nitrogens is 3. The van der Waals surface area contributed by atoms with Gasteiger partial charge in [0, 0.05) is 24.7 Å². The van der Waals surface area contributed by atoms with Crippen molar-refractivity contribution in [3.8, 4) is 0 Å². The zero-order valence-corrected chi connectivity index (χ0v) is 12.9. The standard InChI is InChI=1S/C16H17N5O2/c1-10-18-15-13(7-8-17-15)16(19-10)21-12-5-3-11(4-6-12)20-14(22)9-23-2/h3-8H,9H2,1-2H3,(H,20,22)(H2,17,18,19,21). The lowest BCUT2D eigenvalue weighted by Gasteiger charge is -2.09. The molecule has 1 aromatic carbocycles. The summed E-state index contributed by atoms with van der Waals surface area (Å²) in [4.78, 5) is 23.3. The molecule has 0 aliphatic carbocycles. The van der Waals surface area contributed by atoms with Gasteiger partial charge in [-0.05, 0) is 37.3 Å².